The van der Waals surface area contributed by atoms with Gasteiger partial charge in [0.05, 0.1) is 29.8 Å². The Morgan fingerprint density at radius 1 is 1.00 bits per heavy atom. The van der Waals surface area contributed by atoms with Crippen LogP contribution in [0.1, 0.15) is 38.1 Å². The lowest BCUT2D eigenvalue weighted by Crippen LogP contribution is -2.21. The highest BCUT2D eigenvalue weighted by atomic mass is 35.5. The van der Waals surface area contributed by atoms with Crippen molar-refractivity contribution in [2.24, 2.45) is 0 Å². The number of anilines is 2. The van der Waals surface area contributed by atoms with Crippen LogP contribution in [-0.2, 0) is 9.53 Å². The second-order valence-corrected chi connectivity index (χ2v) is 8.84. The van der Waals surface area contributed by atoms with Crippen LogP contribution in [0, 0.1) is 13.8 Å². The maximum absolute atomic E-state index is 13.1. The summed E-state index contributed by atoms with van der Waals surface area (Å²) in [4.78, 5) is 38.4. The molecule has 2 amide bonds. The van der Waals surface area contributed by atoms with E-state index in [4.69, 9.17) is 25.8 Å². The molecule has 0 aliphatic rings. The molecule has 0 radical (unpaired) electrons. The van der Waals surface area contributed by atoms with Gasteiger partial charge in [-0.2, -0.15) is 0 Å². The molecule has 0 atom stereocenters. The minimum absolute atomic E-state index is 0.108. The topological polar surface area (TPSA) is 103 Å². The summed E-state index contributed by atoms with van der Waals surface area (Å²) >= 11 is 6.92. The van der Waals surface area contributed by atoms with Crippen molar-refractivity contribution in [2.45, 2.75) is 20.8 Å². The third kappa shape index (κ3) is 6.32. The average Bonchev–Trinajstić information content (AvgIpc) is 3.15. The Morgan fingerprint density at radius 3 is 2.43 bits per heavy atom. The van der Waals surface area contributed by atoms with E-state index in [0.29, 0.717) is 34.4 Å². The molecule has 3 rings (SSSR count). The van der Waals surface area contributed by atoms with Gasteiger partial charge in [0.25, 0.3) is 11.8 Å². The second-order valence-electron chi connectivity index (χ2n) is 7.38. The van der Waals surface area contributed by atoms with Crippen LogP contribution >= 0.6 is 22.9 Å². The maximum atomic E-state index is 13.1. The molecule has 0 saturated carbocycles. The van der Waals surface area contributed by atoms with Crippen molar-refractivity contribution in [2.75, 3.05) is 31.0 Å². The number of nitrogens with one attached hydrogen (secondary N) is 2. The Balaban J connectivity index is 1.81. The summed E-state index contributed by atoms with van der Waals surface area (Å²) in [6.45, 7) is 5.41. The highest BCUT2D eigenvalue weighted by molar-refractivity contribution is 7.19. The predicted molar refractivity (Wildman–Crippen MR) is 136 cm³/mol. The van der Waals surface area contributed by atoms with E-state index in [1.807, 2.05) is 13.8 Å². The smallest absolute Gasteiger partial charge is 0.341 e. The number of esters is 1. The SMILES string of the molecule is CCOc1ccccc1NC(=O)c1sc(NC(=O)COc2ccc(Cl)cc2C)c(C(=O)OC)c1C. The number of rotatable bonds is 9. The van der Waals surface area contributed by atoms with Crippen molar-refractivity contribution in [3.05, 3.63) is 69.1 Å². The van der Waals surface area contributed by atoms with Crippen LogP contribution in [0.5, 0.6) is 11.5 Å². The van der Waals surface area contributed by atoms with Crippen LogP contribution in [0.3, 0.4) is 0 Å². The first-order valence-electron chi connectivity index (χ1n) is 10.7. The largest absolute Gasteiger partial charge is 0.492 e. The van der Waals surface area contributed by atoms with Gasteiger partial charge in [0, 0.05) is 5.02 Å². The van der Waals surface area contributed by atoms with Crippen LogP contribution in [0.2, 0.25) is 5.02 Å². The predicted octanol–water partition coefficient (Wildman–Crippen LogP) is 5.47. The van der Waals surface area contributed by atoms with Crippen molar-refractivity contribution in [1.29, 1.82) is 0 Å². The first-order valence-corrected chi connectivity index (χ1v) is 11.9. The number of para-hydroxylation sites is 2. The Bertz CT molecular complexity index is 1260. The zero-order chi connectivity index (χ0) is 25.5. The van der Waals surface area contributed by atoms with Gasteiger partial charge >= 0.3 is 5.97 Å². The van der Waals surface area contributed by atoms with Gasteiger partial charge in [0.15, 0.2) is 6.61 Å². The van der Waals surface area contributed by atoms with Crippen molar-refractivity contribution >= 4 is 51.4 Å². The highest BCUT2D eigenvalue weighted by Gasteiger charge is 2.27. The minimum Gasteiger partial charge on any atom is -0.492 e. The van der Waals surface area contributed by atoms with Gasteiger partial charge in [-0.1, -0.05) is 23.7 Å². The molecule has 35 heavy (non-hydrogen) atoms. The fourth-order valence-corrected chi connectivity index (χ4v) is 4.61. The zero-order valence-corrected chi connectivity index (χ0v) is 21.3. The molecule has 0 aliphatic heterocycles. The maximum Gasteiger partial charge on any atom is 0.341 e. The van der Waals surface area contributed by atoms with Crippen molar-refractivity contribution in [3.8, 4) is 11.5 Å². The number of ether oxygens (including phenoxy) is 3. The summed E-state index contributed by atoms with van der Waals surface area (Å²) in [6.07, 6.45) is 0. The van der Waals surface area contributed by atoms with Gasteiger partial charge in [0.2, 0.25) is 0 Å². The first-order chi connectivity index (χ1) is 16.7. The number of amides is 2. The van der Waals surface area contributed by atoms with Crippen molar-refractivity contribution < 1.29 is 28.6 Å². The monoisotopic (exact) mass is 516 g/mol. The molecule has 1 heterocycles. The number of benzene rings is 2. The molecule has 0 spiro atoms. The molecule has 3 aromatic rings. The zero-order valence-electron chi connectivity index (χ0n) is 19.7. The quantitative estimate of drug-likeness (QED) is 0.365. The molecule has 10 heteroatoms. The summed E-state index contributed by atoms with van der Waals surface area (Å²) in [5.41, 5.74) is 1.76. The Morgan fingerprint density at radius 2 is 1.74 bits per heavy atom. The van der Waals surface area contributed by atoms with Crippen LogP contribution in [-0.4, -0.2) is 38.1 Å². The van der Waals surface area contributed by atoms with Crippen LogP contribution in [0.15, 0.2) is 42.5 Å². The number of hydrogen-bond donors (Lipinski definition) is 2. The highest BCUT2D eigenvalue weighted by Crippen LogP contribution is 2.35. The average molecular weight is 517 g/mol. The van der Waals surface area contributed by atoms with E-state index < -0.39 is 17.8 Å². The molecule has 0 aliphatic carbocycles. The minimum atomic E-state index is -0.669. The van der Waals surface area contributed by atoms with Gasteiger partial charge in [-0.3, -0.25) is 9.59 Å². The van der Waals surface area contributed by atoms with Crippen LogP contribution in [0.25, 0.3) is 0 Å². The fraction of sp³-hybridized carbons (Fsp3) is 0.240. The molecular weight excluding hydrogens is 492 g/mol. The van der Waals surface area contributed by atoms with Crippen LogP contribution < -0.4 is 20.1 Å². The Labute approximate surface area is 212 Å². The molecule has 0 saturated heterocycles. The summed E-state index contributed by atoms with van der Waals surface area (Å²) in [7, 11) is 1.23. The van der Waals surface area contributed by atoms with E-state index in [-0.39, 0.29) is 22.0 Å². The number of aryl methyl sites for hydroxylation is 1. The molecule has 0 fully saturated rings. The summed E-state index contributed by atoms with van der Waals surface area (Å²) in [5.74, 6) is -0.586. The summed E-state index contributed by atoms with van der Waals surface area (Å²) in [5, 5.41) is 6.22. The number of halogens is 1. The third-order valence-electron chi connectivity index (χ3n) is 4.93. The summed E-state index contributed by atoms with van der Waals surface area (Å²) in [6, 6.07) is 12.1. The van der Waals surface area contributed by atoms with E-state index >= 15 is 0 Å². The first kappa shape index (κ1) is 26.1. The van der Waals surface area contributed by atoms with E-state index in [9.17, 15) is 14.4 Å². The lowest BCUT2D eigenvalue weighted by molar-refractivity contribution is -0.118. The normalized spacial score (nSPS) is 10.4. The van der Waals surface area contributed by atoms with Crippen LogP contribution in [0.4, 0.5) is 10.7 Å². The lowest BCUT2D eigenvalue weighted by atomic mass is 10.1. The van der Waals surface area contributed by atoms with E-state index in [2.05, 4.69) is 10.6 Å². The van der Waals surface area contributed by atoms with Gasteiger partial charge < -0.3 is 24.8 Å². The van der Waals surface area contributed by atoms with E-state index in [1.54, 1.807) is 49.4 Å². The second kappa shape index (κ2) is 11.7. The molecular formula is C25H25ClN2O6S. The third-order valence-corrected chi connectivity index (χ3v) is 6.37. The molecule has 2 N–H and O–H groups in total. The number of hydrogen-bond acceptors (Lipinski definition) is 7. The molecule has 1 aromatic heterocycles. The number of carbonyl (C=O) groups is 3. The van der Waals surface area contributed by atoms with E-state index in [0.717, 1.165) is 16.9 Å². The van der Waals surface area contributed by atoms with Crippen molar-refractivity contribution in [1.82, 2.24) is 0 Å². The molecule has 0 bridgehead atoms. The molecule has 184 valence electrons. The number of methoxy groups -OCH3 is 1. The van der Waals surface area contributed by atoms with Gasteiger partial charge in [0.1, 0.15) is 16.5 Å². The molecule has 8 nitrogen and oxygen atoms in total. The Kier molecular flexibility index (Phi) is 8.73. The number of thiophene rings is 1. The Hall–Kier alpha value is -3.56. The fourth-order valence-electron chi connectivity index (χ4n) is 3.28. The standard InChI is InChI=1S/C25H25ClN2O6S/c1-5-33-19-9-7-6-8-17(19)27-23(30)22-15(3)21(25(31)32-4)24(35-22)28-20(29)13-34-18-11-10-16(26)12-14(18)2/h6-12H,5,13H2,1-4H3,(H,27,30)(H,28,29). The van der Waals surface area contributed by atoms with Gasteiger partial charge in [-0.05, 0) is 62.2 Å². The van der Waals surface area contributed by atoms with E-state index in [1.165, 1.54) is 7.11 Å². The van der Waals surface area contributed by atoms with Crippen molar-refractivity contribution in [3.63, 3.8) is 0 Å². The molecule has 0 unspecified atom stereocenters. The van der Waals surface area contributed by atoms with Gasteiger partial charge in [-0.15, -0.1) is 11.3 Å². The number of carbonyl (C=O) groups excluding carboxylic acids is 3. The lowest BCUT2D eigenvalue weighted by Gasteiger charge is -2.11. The molecule has 2 aromatic carbocycles. The van der Waals surface area contributed by atoms with Gasteiger partial charge in [-0.25, -0.2) is 4.79 Å². The summed E-state index contributed by atoms with van der Waals surface area (Å²) < 4.78 is 16.0.